The average molecular weight is 571 g/mol. The van der Waals surface area contributed by atoms with E-state index in [9.17, 15) is 0 Å². The molecule has 1 aromatic heterocycles. The fourth-order valence-electron chi connectivity index (χ4n) is 7.44. The Kier molecular flexibility index (Phi) is 5.06. The van der Waals surface area contributed by atoms with E-state index in [1.165, 1.54) is 76.1 Å². The van der Waals surface area contributed by atoms with Crippen LogP contribution in [-0.2, 0) is 0 Å². The summed E-state index contributed by atoms with van der Waals surface area (Å²) in [7, 11) is 0. The van der Waals surface area contributed by atoms with Crippen molar-refractivity contribution in [2.45, 2.75) is 0 Å². The van der Waals surface area contributed by atoms with Crippen LogP contribution in [0.2, 0.25) is 0 Å². The van der Waals surface area contributed by atoms with Gasteiger partial charge in [0.2, 0.25) is 0 Å². The van der Waals surface area contributed by atoms with E-state index < -0.39 is 0 Å². The predicted molar refractivity (Wildman–Crippen MR) is 192 cm³/mol. The summed E-state index contributed by atoms with van der Waals surface area (Å²) < 4.78 is 6.65. The Balaban J connectivity index is 1.39. The van der Waals surface area contributed by atoms with Crippen molar-refractivity contribution in [2.75, 3.05) is 0 Å². The third-order valence-electron chi connectivity index (χ3n) is 9.56. The van der Waals surface area contributed by atoms with Gasteiger partial charge in [-0.15, -0.1) is 0 Å². The zero-order chi connectivity index (χ0) is 29.5. The molecule has 0 fully saturated rings. The van der Waals surface area contributed by atoms with Crippen LogP contribution in [0.4, 0.5) is 0 Å². The second kappa shape index (κ2) is 9.29. The van der Waals surface area contributed by atoms with Gasteiger partial charge >= 0.3 is 0 Å². The molecule has 0 aliphatic carbocycles. The molecule has 0 saturated carbocycles. The quantitative estimate of drug-likeness (QED) is 0.188. The van der Waals surface area contributed by atoms with Crippen LogP contribution in [0.25, 0.3) is 98.1 Å². The number of hydrogen-bond donors (Lipinski definition) is 0. The maximum Gasteiger partial charge on any atom is 0.136 e. The summed E-state index contributed by atoms with van der Waals surface area (Å²) in [5.41, 5.74) is 6.76. The summed E-state index contributed by atoms with van der Waals surface area (Å²) in [6.07, 6.45) is 0. The van der Waals surface area contributed by atoms with Crippen molar-refractivity contribution in [3.8, 4) is 22.3 Å². The van der Waals surface area contributed by atoms with Gasteiger partial charge in [-0.05, 0) is 113 Å². The van der Waals surface area contributed by atoms with Crippen molar-refractivity contribution in [3.63, 3.8) is 0 Å². The molecule has 0 amide bonds. The molecule has 0 aliphatic rings. The Labute approximate surface area is 259 Å². The van der Waals surface area contributed by atoms with Gasteiger partial charge in [-0.25, -0.2) is 0 Å². The Bertz CT molecular complexity index is 2820. The highest BCUT2D eigenvalue weighted by Gasteiger charge is 2.20. The average Bonchev–Trinajstić information content (AvgIpc) is 3.44. The first-order chi connectivity index (χ1) is 22.3. The number of benzene rings is 9. The van der Waals surface area contributed by atoms with Crippen LogP contribution in [0.15, 0.2) is 162 Å². The Hall–Kier alpha value is -5.92. The van der Waals surface area contributed by atoms with Crippen molar-refractivity contribution in [3.05, 3.63) is 158 Å². The predicted octanol–water partition coefficient (Wildman–Crippen LogP) is 12.7. The van der Waals surface area contributed by atoms with Crippen LogP contribution in [0.5, 0.6) is 0 Å². The first-order valence-electron chi connectivity index (χ1n) is 15.5. The van der Waals surface area contributed by atoms with Gasteiger partial charge in [0.15, 0.2) is 0 Å². The van der Waals surface area contributed by atoms with Gasteiger partial charge < -0.3 is 4.42 Å². The smallest absolute Gasteiger partial charge is 0.136 e. The minimum atomic E-state index is 0.912. The topological polar surface area (TPSA) is 13.1 Å². The fraction of sp³-hybridized carbons (Fsp3) is 0. The molecule has 0 N–H and O–H groups in total. The largest absolute Gasteiger partial charge is 0.456 e. The van der Waals surface area contributed by atoms with E-state index in [1.807, 2.05) is 0 Å². The third kappa shape index (κ3) is 3.68. The lowest BCUT2D eigenvalue weighted by atomic mass is 9.84. The minimum absolute atomic E-state index is 0.912. The van der Waals surface area contributed by atoms with E-state index in [0.717, 1.165) is 21.9 Å². The molecule has 0 atom stereocenters. The second-order valence-electron chi connectivity index (χ2n) is 12.1. The molecule has 0 spiro atoms. The Morgan fingerprint density at radius 2 is 0.689 bits per heavy atom. The van der Waals surface area contributed by atoms with Crippen LogP contribution >= 0.6 is 0 Å². The van der Waals surface area contributed by atoms with Crippen molar-refractivity contribution in [1.29, 1.82) is 0 Å². The molecule has 10 rings (SSSR count). The third-order valence-corrected chi connectivity index (χ3v) is 9.56. The van der Waals surface area contributed by atoms with Crippen LogP contribution < -0.4 is 0 Å². The standard InChI is InChI=1S/C44H26O/c1-3-11-29-21-33(19-17-27(29)9-1)43-35-15-7-8-16-36(35)44(34-20-18-28-10-2-4-12-30(28)22-34)40-26-42-38(25-39(40)43)37-23-31-13-5-6-14-32(31)24-41(37)45-42/h1-26H. The molecule has 0 bridgehead atoms. The number of rotatable bonds is 2. The molecule has 0 saturated heterocycles. The zero-order valence-electron chi connectivity index (χ0n) is 24.4. The Morgan fingerprint density at radius 1 is 0.267 bits per heavy atom. The monoisotopic (exact) mass is 570 g/mol. The van der Waals surface area contributed by atoms with Crippen molar-refractivity contribution >= 4 is 75.8 Å². The van der Waals surface area contributed by atoms with Gasteiger partial charge in [0.05, 0.1) is 0 Å². The lowest BCUT2D eigenvalue weighted by Gasteiger charge is -2.18. The fourth-order valence-corrected chi connectivity index (χ4v) is 7.44. The van der Waals surface area contributed by atoms with Crippen LogP contribution in [0, 0.1) is 0 Å². The molecule has 10 aromatic rings. The van der Waals surface area contributed by atoms with E-state index in [4.69, 9.17) is 4.42 Å². The van der Waals surface area contributed by atoms with Gasteiger partial charge in [0.1, 0.15) is 11.2 Å². The minimum Gasteiger partial charge on any atom is -0.456 e. The summed E-state index contributed by atoms with van der Waals surface area (Å²) in [5, 5.41) is 14.6. The van der Waals surface area contributed by atoms with E-state index in [1.54, 1.807) is 0 Å². The van der Waals surface area contributed by atoms with Crippen LogP contribution in [0.1, 0.15) is 0 Å². The number of furan rings is 1. The van der Waals surface area contributed by atoms with Crippen molar-refractivity contribution < 1.29 is 4.42 Å². The maximum absolute atomic E-state index is 6.65. The lowest BCUT2D eigenvalue weighted by Crippen LogP contribution is -1.91. The van der Waals surface area contributed by atoms with Gasteiger partial charge in [-0.3, -0.25) is 0 Å². The highest BCUT2D eigenvalue weighted by atomic mass is 16.3. The summed E-state index contributed by atoms with van der Waals surface area (Å²) in [5.74, 6) is 0. The molecular formula is C44H26O. The van der Waals surface area contributed by atoms with E-state index in [-0.39, 0.29) is 0 Å². The lowest BCUT2D eigenvalue weighted by molar-refractivity contribution is 0.670. The van der Waals surface area contributed by atoms with Crippen molar-refractivity contribution in [2.24, 2.45) is 0 Å². The summed E-state index contributed by atoms with van der Waals surface area (Å²) in [6, 6.07) is 57.5. The molecule has 9 aromatic carbocycles. The summed E-state index contributed by atoms with van der Waals surface area (Å²) in [6.45, 7) is 0. The number of hydrogen-bond acceptors (Lipinski definition) is 1. The summed E-state index contributed by atoms with van der Waals surface area (Å²) in [4.78, 5) is 0. The zero-order valence-corrected chi connectivity index (χ0v) is 24.4. The normalized spacial score (nSPS) is 12.0. The SMILES string of the molecule is c1ccc2cc(-c3c4ccccc4c(-c4ccc5ccccc5c4)c4cc5c(cc34)oc3cc4ccccc4cc35)ccc2c1. The van der Waals surface area contributed by atoms with Crippen molar-refractivity contribution in [1.82, 2.24) is 0 Å². The van der Waals surface area contributed by atoms with E-state index >= 15 is 0 Å². The maximum atomic E-state index is 6.65. The molecule has 45 heavy (non-hydrogen) atoms. The molecule has 0 radical (unpaired) electrons. The second-order valence-corrected chi connectivity index (χ2v) is 12.1. The molecule has 0 unspecified atom stereocenters. The highest BCUT2D eigenvalue weighted by molar-refractivity contribution is 6.25. The highest BCUT2D eigenvalue weighted by Crippen LogP contribution is 2.47. The number of fused-ring (bicyclic) bond motifs is 8. The molecule has 0 aliphatic heterocycles. The first-order valence-corrected chi connectivity index (χ1v) is 15.5. The molecule has 1 nitrogen and oxygen atoms in total. The molecule has 208 valence electrons. The van der Waals surface area contributed by atoms with E-state index in [0.29, 0.717) is 0 Å². The van der Waals surface area contributed by atoms with Crippen LogP contribution in [-0.4, -0.2) is 0 Å². The van der Waals surface area contributed by atoms with Gasteiger partial charge in [-0.1, -0.05) is 121 Å². The van der Waals surface area contributed by atoms with Gasteiger partial charge in [-0.2, -0.15) is 0 Å². The summed E-state index contributed by atoms with van der Waals surface area (Å²) >= 11 is 0. The Morgan fingerprint density at radius 3 is 1.27 bits per heavy atom. The first kappa shape index (κ1) is 24.5. The molecule has 1 heterocycles. The van der Waals surface area contributed by atoms with Gasteiger partial charge in [0, 0.05) is 10.8 Å². The van der Waals surface area contributed by atoms with Gasteiger partial charge in [0.25, 0.3) is 0 Å². The molecular weight excluding hydrogens is 544 g/mol. The van der Waals surface area contributed by atoms with E-state index in [2.05, 4.69) is 158 Å². The van der Waals surface area contributed by atoms with Crippen LogP contribution in [0.3, 0.4) is 0 Å². The molecule has 1 heteroatoms.